The summed E-state index contributed by atoms with van der Waals surface area (Å²) in [6.45, 7) is 3.75. The minimum atomic E-state index is -0.392. The molecule has 1 aromatic carbocycles. The van der Waals surface area contributed by atoms with Gasteiger partial charge < -0.3 is 10.3 Å². The monoisotopic (exact) mass is 432 g/mol. The zero-order valence-electron chi connectivity index (χ0n) is 16.7. The van der Waals surface area contributed by atoms with Gasteiger partial charge in [0.1, 0.15) is 17.7 Å². The summed E-state index contributed by atoms with van der Waals surface area (Å²) in [6.07, 6.45) is 4.67. The van der Waals surface area contributed by atoms with Crippen LogP contribution in [0.5, 0.6) is 0 Å². The topological polar surface area (TPSA) is 114 Å². The number of pyridine rings is 1. The van der Waals surface area contributed by atoms with E-state index in [4.69, 9.17) is 16.6 Å². The molecule has 1 atom stereocenters. The number of anilines is 1. The summed E-state index contributed by atoms with van der Waals surface area (Å²) < 4.78 is 1.56. The molecule has 154 valence electrons. The second-order valence-corrected chi connectivity index (χ2v) is 7.45. The molecular formula is C21H17ClN8O. The summed E-state index contributed by atoms with van der Waals surface area (Å²) in [5.41, 5.74) is 2.82. The van der Waals surface area contributed by atoms with Crippen molar-refractivity contribution in [2.45, 2.75) is 19.9 Å². The summed E-state index contributed by atoms with van der Waals surface area (Å²) >= 11 is 6.36. The maximum Gasteiger partial charge on any atom is 0.267 e. The van der Waals surface area contributed by atoms with Crippen molar-refractivity contribution in [1.82, 2.24) is 34.5 Å². The fourth-order valence-electron chi connectivity index (χ4n) is 3.59. The number of aromatic amines is 1. The van der Waals surface area contributed by atoms with Crippen molar-refractivity contribution in [3.8, 4) is 5.69 Å². The lowest BCUT2D eigenvalue weighted by atomic mass is 10.2. The number of nitrogens with zero attached hydrogens (tertiary/aromatic N) is 6. The van der Waals surface area contributed by atoms with Gasteiger partial charge in [-0.25, -0.2) is 19.9 Å². The maximum atomic E-state index is 13.6. The molecule has 5 aromatic rings. The Morgan fingerprint density at radius 2 is 2.00 bits per heavy atom. The van der Waals surface area contributed by atoms with Crippen LogP contribution in [0.15, 0.2) is 54.0 Å². The molecule has 0 aliphatic carbocycles. The van der Waals surface area contributed by atoms with E-state index in [1.165, 1.54) is 6.33 Å². The predicted molar refractivity (Wildman–Crippen MR) is 119 cm³/mol. The molecule has 4 heterocycles. The Kier molecular flexibility index (Phi) is 4.59. The Hall–Kier alpha value is -3.85. The zero-order valence-corrected chi connectivity index (χ0v) is 17.4. The second kappa shape index (κ2) is 7.44. The molecule has 2 N–H and O–H groups in total. The fraction of sp³-hybridized carbons (Fsp3) is 0.143. The van der Waals surface area contributed by atoms with Crippen molar-refractivity contribution in [1.29, 1.82) is 0 Å². The molecule has 10 heteroatoms. The molecule has 0 amide bonds. The molecule has 31 heavy (non-hydrogen) atoms. The van der Waals surface area contributed by atoms with E-state index in [0.29, 0.717) is 50.1 Å². The smallest absolute Gasteiger partial charge is 0.267 e. The van der Waals surface area contributed by atoms with Crippen LogP contribution in [0.25, 0.3) is 27.8 Å². The predicted octanol–water partition coefficient (Wildman–Crippen LogP) is 3.58. The van der Waals surface area contributed by atoms with Crippen LogP contribution < -0.4 is 10.9 Å². The number of benzene rings is 1. The Morgan fingerprint density at radius 3 is 2.84 bits per heavy atom. The molecule has 0 spiro atoms. The summed E-state index contributed by atoms with van der Waals surface area (Å²) in [5.74, 6) is 1.06. The number of fused-ring (bicyclic) bond motifs is 2. The van der Waals surface area contributed by atoms with Gasteiger partial charge in [-0.15, -0.1) is 0 Å². The zero-order chi connectivity index (χ0) is 21.5. The normalized spacial score (nSPS) is 12.4. The largest absolute Gasteiger partial charge is 0.358 e. The molecule has 4 aromatic heterocycles. The van der Waals surface area contributed by atoms with Crippen molar-refractivity contribution in [2.24, 2.45) is 0 Å². The third-order valence-electron chi connectivity index (χ3n) is 5.06. The van der Waals surface area contributed by atoms with E-state index in [2.05, 4.69) is 30.2 Å². The molecule has 5 rings (SSSR count). The number of hydrogen-bond donors (Lipinski definition) is 2. The van der Waals surface area contributed by atoms with Gasteiger partial charge in [0.2, 0.25) is 0 Å². The highest BCUT2D eigenvalue weighted by atomic mass is 35.5. The van der Waals surface area contributed by atoms with Crippen LogP contribution in [0, 0.1) is 6.92 Å². The number of aromatic nitrogens is 7. The van der Waals surface area contributed by atoms with Crippen molar-refractivity contribution in [2.75, 3.05) is 5.32 Å². The van der Waals surface area contributed by atoms with Crippen LogP contribution in [0.3, 0.4) is 0 Å². The fourth-order valence-corrected chi connectivity index (χ4v) is 3.84. The van der Waals surface area contributed by atoms with Crippen LogP contribution in [0.2, 0.25) is 5.02 Å². The lowest BCUT2D eigenvalue weighted by Crippen LogP contribution is -2.28. The highest BCUT2D eigenvalue weighted by Crippen LogP contribution is 2.26. The van der Waals surface area contributed by atoms with E-state index in [0.717, 1.165) is 0 Å². The number of imidazole rings is 1. The summed E-state index contributed by atoms with van der Waals surface area (Å²) in [6, 6.07) is 8.46. The molecule has 0 bridgehead atoms. The first-order chi connectivity index (χ1) is 15.0. The average Bonchev–Trinajstić information content (AvgIpc) is 3.24. The van der Waals surface area contributed by atoms with Gasteiger partial charge in [-0.1, -0.05) is 17.7 Å². The van der Waals surface area contributed by atoms with E-state index in [9.17, 15) is 4.79 Å². The third-order valence-corrected chi connectivity index (χ3v) is 5.37. The van der Waals surface area contributed by atoms with E-state index < -0.39 is 6.04 Å². The van der Waals surface area contributed by atoms with E-state index >= 15 is 0 Å². The maximum absolute atomic E-state index is 13.6. The van der Waals surface area contributed by atoms with E-state index in [1.54, 1.807) is 41.4 Å². The lowest BCUT2D eigenvalue weighted by Gasteiger charge is -2.21. The first-order valence-electron chi connectivity index (χ1n) is 9.58. The molecule has 1 unspecified atom stereocenters. The third kappa shape index (κ3) is 3.19. The standard InChI is InChI=1S/C21H17ClN8O/c1-11-15(7-4-8-23-11)30-20(29-14-6-3-5-13(22)16(14)21(30)31)12(2)28-19-17-18(25-9-24-17)26-10-27-19/h3-10,12H,1-2H3,(H2,24,25,26,27,28). The number of rotatable bonds is 4. The SMILES string of the molecule is Cc1ncccc1-n1c(C(C)Nc2ncnc3nc[nH]c23)nc2cccc(Cl)c2c1=O. The summed E-state index contributed by atoms with van der Waals surface area (Å²) in [7, 11) is 0. The van der Waals surface area contributed by atoms with Crippen molar-refractivity contribution >= 4 is 39.5 Å². The minimum absolute atomic E-state index is 0.260. The highest BCUT2D eigenvalue weighted by molar-refractivity contribution is 6.35. The molecule has 0 fully saturated rings. The Bertz CT molecular complexity index is 1490. The average molecular weight is 433 g/mol. The quantitative estimate of drug-likeness (QED) is 0.446. The van der Waals surface area contributed by atoms with Gasteiger partial charge >= 0.3 is 0 Å². The van der Waals surface area contributed by atoms with Gasteiger partial charge in [0.25, 0.3) is 5.56 Å². The molecular weight excluding hydrogens is 416 g/mol. The van der Waals surface area contributed by atoms with Crippen LogP contribution in [0.4, 0.5) is 5.82 Å². The van der Waals surface area contributed by atoms with E-state index in [-0.39, 0.29) is 5.56 Å². The number of nitrogens with one attached hydrogen (secondary N) is 2. The first kappa shape index (κ1) is 19.1. The van der Waals surface area contributed by atoms with Crippen LogP contribution in [-0.4, -0.2) is 34.5 Å². The number of halogens is 1. The summed E-state index contributed by atoms with van der Waals surface area (Å²) in [5, 5.41) is 4.04. The molecule has 0 saturated heterocycles. The molecule has 0 aliphatic heterocycles. The van der Waals surface area contributed by atoms with Crippen molar-refractivity contribution in [3.05, 3.63) is 76.1 Å². The molecule has 0 radical (unpaired) electrons. The van der Waals surface area contributed by atoms with Gasteiger partial charge in [-0.05, 0) is 38.1 Å². The lowest BCUT2D eigenvalue weighted by molar-refractivity contribution is 0.727. The van der Waals surface area contributed by atoms with Gasteiger partial charge in [-0.3, -0.25) is 14.3 Å². The van der Waals surface area contributed by atoms with Gasteiger partial charge in [0.15, 0.2) is 11.5 Å². The van der Waals surface area contributed by atoms with Crippen molar-refractivity contribution in [3.63, 3.8) is 0 Å². The van der Waals surface area contributed by atoms with Crippen LogP contribution in [-0.2, 0) is 0 Å². The number of aryl methyl sites for hydroxylation is 1. The van der Waals surface area contributed by atoms with Crippen LogP contribution in [0.1, 0.15) is 24.5 Å². The first-order valence-corrected chi connectivity index (χ1v) is 9.96. The Morgan fingerprint density at radius 1 is 1.13 bits per heavy atom. The molecule has 9 nitrogen and oxygen atoms in total. The number of H-pyrrole nitrogens is 1. The summed E-state index contributed by atoms with van der Waals surface area (Å²) in [4.78, 5) is 38.4. The van der Waals surface area contributed by atoms with Crippen LogP contribution >= 0.6 is 11.6 Å². The van der Waals surface area contributed by atoms with Gasteiger partial charge in [-0.2, -0.15) is 0 Å². The van der Waals surface area contributed by atoms with Gasteiger partial charge in [0, 0.05) is 6.20 Å². The second-order valence-electron chi connectivity index (χ2n) is 7.04. The molecule has 0 saturated carbocycles. The Labute approximate surface area is 181 Å². The number of hydrogen-bond acceptors (Lipinski definition) is 7. The minimum Gasteiger partial charge on any atom is -0.358 e. The highest BCUT2D eigenvalue weighted by Gasteiger charge is 2.21. The van der Waals surface area contributed by atoms with Crippen molar-refractivity contribution < 1.29 is 0 Å². The Balaban J connectivity index is 1.74. The van der Waals surface area contributed by atoms with Gasteiger partial charge in [0.05, 0.1) is 39.7 Å². The molecule has 0 aliphatic rings. The van der Waals surface area contributed by atoms with E-state index in [1.807, 2.05) is 19.9 Å².